The first-order valence-electron chi connectivity index (χ1n) is 5.85. The van der Waals surface area contributed by atoms with Gasteiger partial charge in [-0.1, -0.05) is 11.6 Å². The Morgan fingerprint density at radius 3 is 2.50 bits per heavy atom. The molecule has 0 saturated carbocycles. The lowest BCUT2D eigenvalue weighted by Gasteiger charge is -2.07. The number of carbonyl (C=O) groups excluding carboxylic acids is 1. The van der Waals surface area contributed by atoms with Gasteiger partial charge in [0, 0.05) is 5.69 Å². The molecule has 2 rings (SSSR count). The zero-order valence-electron chi connectivity index (χ0n) is 10.8. The molecule has 1 heterocycles. The number of halogens is 1. The molecular formula is C14H13ClN2O3. The Hall–Kier alpha value is -2.27. The van der Waals surface area contributed by atoms with Gasteiger partial charge in [-0.2, -0.15) is 0 Å². The molecule has 0 spiro atoms. The van der Waals surface area contributed by atoms with Gasteiger partial charge in [-0.3, -0.25) is 4.79 Å². The highest BCUT2D eigenvalue weighted by atomic mass is 35.5. The number of anilines is 1. The van der Waals surface area contributed by atoms with Crippen molar-refractivity contribution in [3.63, 3.8) is 0 Å². The summed E-state index contributed by atoms with van der Waals surface area (Å²) < 4.78 is 10.3. The van der Waals surface area contributed by atoms with Crippen LogP contribution in [0.5, 0.6) is 11.5 Å². The number of nitrogens with one attached hydrogen (secondary N) is 1. The van der Waals surface area contributed by atoms with Crippen molar-refractivity contribution in [1.29, 1.82) is 0 Å². The van der Waals surface area contributed by atoms with Crippen LogP contribution in [0.2, 0.25) is 5.15 Å². The van der Waals surface area contributed by atoms with Crippen LogP contribution in [-0.4, -0.2) is 24.6 Å². The third-order valence-electron chi connectivity index (χ3n) is 2.44. The van der Waals surface area contributed by atoms with Crippen LogP contribution in [0, 0.1) is 0 Å². The summed E-state index contributed by atoms with van der Waals surface area (Å²) in [5, 5.41) is 3.08. The Morgan fingerprint density at radius 1 is 1.20 bits per heavy atom. The van der Waals surface area contributed by atoms with Gasteiger partial charge >= 0.3 is 0 Å². The molecule has 1 aromatic carbocycles. The number of aromatic nitrogens is 1. The van der Waals surface area contributed by atoms with Gasteiger partial charge in [0.1, 0.15) is 16.7 Å². The maximum absolute atomic E-state index is 11.7. The summed E-state index contributed by atoms with van der Waals surface area (Å²) in [5.74, 6) is 0.955. The van der Waals surface area contributed by atoms with Crippen LogP contribution in [-0.2, 0) is 4.79 Å². The molecule has 0 aliphatic heterocycles. The van der Waals surface area contributed by atoms with Crippen molar-refractivity contribution in [3.8, 4) is 11.5 Å². The molecule has 0 saturated heterocycles. The van der Waals surface area contributed by atoms with E-state index in [2.05, 4.69) is 10.3 Å². The summed E-state index contributed by atoms with van der Waals surface area (Å²) in [7, 11) is 1.58. The normalized spacial score (nSPS) is 9.90. The van der Waals surface area contributed by atoms with E-state index in [0.29, 0.717) is 16.6 Å². The smallest absolute Gasteiger partial charge is 0.262 e. The van der Waals surface area contributed by atoms with Crippen LogP contribution < -0.4 is 14.8 Å². The number of hydrogen-bond donors (Lipinski definition) is 1. The summed E-state index contributed by atoms with van der Waals surface area (Å²) in [6, 6.07) is 10.3. The second kappa shape index (κ2) is 6.77. The molecule has 0 bridgehead atoms. The van der Waals surface area contributed by atoms with Gasteiger partial charge in [-0.05, 0) is 36.4 Å². The number of methoxy groups -OCH3 is 1. The van der Waals surface area contributed by atoms with Crippen molar-refractivity contribution < 1.29 is 14.3 Å². The lowest BCUT2D eigenvalue weighted by molar-refractivity contribution is -0.118. The molecule has 1 aromatic heterocycles. The van der Waals surface area contributed by atoms with Crippen molar-refractivity contribution in [1.82, 2.24) is 4.98 Å². The molecule has 20 heavy (non-hydrogen) atoms. The topological polar surface area (TPSA) is 60.5 Å². The number of hydrogen-bond acceptors (Lipinski definition) is 4. The van der Waals surface area contributed by atoms with Gasteiger partial charge in [-0.15, -0.1) is 0 Å². The molecule has 1 amide bonds. The van der Waals surface area contributed by atoms with Gasteiger partial charge in [0.2, 0.25) is 0 Å². The van der Waals surface area contributed by atoms with E-state index in [9.17, 15) is 4.79 Å². The second-order valence-corrected chi connectivity index (χ2v) is 4.27. The van der Waals surface area contributed by atoms with Gasteiger partial charge in [0.05, 0.1) is 13.3 Å². The molecule has 104 valence electrons. The van der Waals surface area contributed by atoms with E-state index in [1.165, 1.54) is 6.20 Å². The van der Waals surface area contributed by atoms with Crippen LogP contribution >= 0.6 is 11.6 Å². The largest absolute Gasteiger partial charge is 0.497 e. The number of pyridine rings is 1. The van der Waals surface area contributed by atoms with Crippen LogP contribution in [0.15, 0.2) is 42.6 Å². The Balaban J connectivity index is 1.84. The highest BCUT2D eigenvalue weighted by molar-refractivity contribution is 6.29. The van der Waals surface area contributed by atoms with E-state index in [1.54, 1.807) is 43.5 Å². The molecule has 0 aliphatic carbocycles. The van der Waals surface area contributed by atoms with Gasteiger partial charge in [0.25, 0.3) is 5.91 Å². The lowest BCUT2D eigenvalue weighted by atomic mass is 10.3. The van der Waals surface area contributed by atoms with Crippen LogP contribution in [0.25, 0.3) is 0 Å². The third-order valence-corrected chi connectivity index (χ3v) is 2.67. The van der Waals surface area contributed by atoms with Gasteiger partial charge in [-0.25, -0.2) is 4.98 Å². The highest BCUT2D eigenvalue weighted by Gasteiger charge is 2.04. The maximum atomic E-state index is 11.7. The Labute approximate surface area is 121 Å². The molecule has 6 heteroatoms. The molecule has 2 aromatic rings. The maximum Gasteiger partial charge on any atom is 0.262 e. The Morgan fingerprint density at radius 2 is 1.90 bits per heavy atom. The standard InChI is InChI=1S/C14H13ClN2O3/c1-19-11-4-2-10(3-5-11)17-14(18)9-20-12-6-7-13(15)16-8-12/h2-8H,9H2,1H3,(H,17,18). The van der Waals surface area contributed by atoms with E-state index < -0.39 is 0 Å². The van der Waals surface area contributed by atoms with Crippen molar-refractivity contribution in [2.24, 2.45) is 0 Å². The molecule has 1 N–H and O–H groups in total. The highest BCUT2D eigenvalue weighted by Crippen LogP contribution is 2.15. The fourth-order valence-electron chi connectivity index (χ4n) is 1.47. The summed E-state index contributed by atoms with van der Waals surface area (Å²) >= 11 is 5.65. The number of nitrogens with zero attached hydrogens (tertiary/aromatic N) is 1. The molecule has 0 aliphatic rings. The average molecular weight is 293 g/mol. The molecule has 5 nitrogen and oxygen atoms in total. The predicted molar refractivity (Wildman–Crippen MR) is 76.4 cm³/mol. The molecular weight excluding hydrogens is 280 g/mol. The van der Waals surface area contributed by atoms with E-state index in [0.717, 1.165) is 5.75 Å². The van der Waals surface area contributed by atoms with E-state index >= 15 is 0 Å². The lowest BCUT2D eigenvalue weighted by Crippen LogP contribution is -2.20. The average Bonchev–Trinajstić information content (AvgIpc) is 2.47. The molecule has 0 unspecified atom stereocenters. The fraction of sp³-hybridized carbons (Fsp3) is 0.143. The number of ether oxygens (including phenoxy) is 2. The van der Waals surface area contributed by atoms with E-state index in [-0.39, 0.29) is 12.5 Å². The first-order valence-corrected chi connectivity index (χ1v) is 6.23. The van der Waals surface area contributed by atoms with Crippen molar-refractivity contribution in [3.05, 3.63) is 47.7 Å². The van der Waals surface area contributed by atoms with Crippen LogP contribution in [0.3, 0.4) is 0 Å². The first-order chi connectivity index (χ1) is 9.67. The van der Waals surface area contributed by atoms with E-state index in [1.807, 2.05) is 0 Å². The third kappa shape index (κ3) is 4.13. The summed E-state index contributed by atoms with van der Waals surface area (Å²) in [5.41, 5.74) is 0.675. The van der Waals surface area contributed by atoms with Crippen molar-refractivity contribution in [2.75, 3.05) is 19.0 Å². The number of amides is 1. The Kier molecular flexibility index (Phi) is 4.79. The number of benzene rings is 1. The van der Waals surface area contributed by atoms with Crippen LogP contribution in [0.1, 0.15) is 0 Å². The number of carbonyl (C=O) groups is 1. The summed E-state index contributed by atoms with van der Waals surface area (Å²) in [6.45, 7) is -0.102. The Bertz CT molecular complexity index is 570. The summed E-state index contributed by atoms with van der Waals surface area (Å²) in [4.78, 5) is 15.5. The zero-order valence-corrected chi connectivity index (χ0v) is 11.6. The second-order valence-electron chi connectivity index (χ2n) is 3.88. The molecule has 0 radical (unpaired) electrons. The van der Waals surface area contributed by atoms with Gasteiger partial charge in [0.15, 0.2) is 6.61 Å². The molecule has 0 fully saturated rings. The van der Waals surface area contributed by atoms with Gasteiger partial charge < -0.3 is 14.8 Å². The predicted octanol–water partition coefficient (Wildman–Crippen LogP) is 2.76. The van der Waals surface area contributed by atoms with E-state index in [4.69, 9.17) is 21.1 Å². The minimum absolute atomic E-state index is 0.102. The van der Waals surface area contributed by atoms with Crippen LogP contribution in [0.4, 0.5) is 5.69 Å². The molecule has 0 atom stereocenters. The first kappa shape index (κ1) is 14.1. The van der Waals surface area contributed by atoms with Crippen molar-refractivity contribution in [2.45, 2.75) is 0 Å². The summed E-state index contributed by atoms with van der Waals surface area (Å²) in [6.07, 6.45) is 1.46. The SMILES string of the molecule is COc1ccc(NC(=O)COc2ccc(Cl)nc2)cc1. The quantitative estimate of drug-likeness (QED) is 0.861. The minimum atomic E-state index is -0.259. The minimum Gasteiger partial charge on any atom is -0.497 e. The zero-order chi connectivity index (χ0) is 14.4. The van der Waals surface area contributed by atoms with Crippen molar-refractivity contribution >= 4 is 23.2 Å². The fourth-order valence-corrected chi connectivity index (χ4v) is 1.58. The monoisotopic (exact) mass is 292 g/mol. The number of rotatable bonds is 5.